The van der Waals surface area contributed by atoms with Crippen molar-refractivity contribution < 1.29 is 14.0 Å². The van der Waals surface area contributed by atoms with E-state index in [2.05, 4.69) is 10.2 Å². The zero-order chi connectivity index (χ0) is 17.3. The summed E-state index contributed by atoms with van der Waals surface area (Å²) >= 11 is 11.9. The first-order valence-electron chi connectivity index (χ1n) is 7.29. The molecule has 1 fully saturated rings. The fourth-order valence-corrected chi connectivity index (χ4v) is 2.95. The number of hydrogen-bond acceptors (Lipinski definition) is 5. The molecule has 0 spiro atoms. The van der Waals surface area contributed by atoms with Crippen LogP contribution in [0.2, 0.25) is 10.0 Å². The van der Waals surface area contributed by atoms with E-state index in [1.807, 2.05) is 0 Å². The van der Waals surface area contributed by atoms with Crippen LogP contribution in [0.4, 0.5) is 0 Å². The van der Waals surface area contributed by atoms with Gasteiger partial charge in [-0.3, -0.25) is 9.59 Å². The monoisotopic (exact) mass is 368 g/mol. The van der Waals surface area contributed by atoms with Crippen molar-refractivity contribution in [2.75, 3.05) is 26.2 Å². The Morgan fingerprint density at radius 3 is 2.21 bits per heavy atom. The third-order valence-electron chi connectivity index (χ3n) is 3.72. The van der Waals surface area contributed by atoms with E-state index < -0.39 is 0 Å². The Bertz CT molecular complexity index is 785. The average molecular weight is 369 g/mol. The van der Waals surface area contributed by atoms with Gasteiger partial charge in [-0.1, -0.05) is 23.2 Å². The van der Waals surface area contributed by atoms with Crippen molar-refractivity contribution in [3.05, 3.63) is 45.6 Å². The van der Waals surface area contributed by atoms with Crippen molar-refractivity contribution in [3.8, 4) is 0 Å². The Hall–Kier alpha value is -2.12. The molecule has 9 heteroatoms. The molecular formula is C15H14Cl2N4O3. The van der Waals surface area contributed by atoms with Gasteiger partial charge in [0.25, 0.3) is 5.91 Å². The smallest absolute Gasteiger partial charge is 0.311 e. The van der Waals surface area contributed by atoms with E-state index in [-0.39, 0.29) is 17.7 Å². The molecule has 1 aliphatic rings. The number of halogens is 2. The van der Waals surface area contributed by atoms with E-state index in [0.29, 0.717) is 47.7 Å². The first kappa shape index (κ1) is 16.7. The van der Waals surface area contributed by atoms with Crippen LogP contribution in [0.15, 0.2) is 22.6 Å². The molecule has 0 bridgehead atoms. The number of carbonyl (C=O) groups excluding carboxylic acids is 2. The summed E-state index contributed by atoms with van der Waals surface area (Å²) < 4.78 is 5.15. The standard InChI is InChI=1S/C15H14Cl2N4O3/c1-9-18-19-13(24-9)15(23)21-6-4-20(5-7-21)14(22)11-3-2-10(16)8-12(11)17/h2-3,8H,4-7H2,1H3. The fraction of sp³-hybridized carbons (Fsp3) is 0.333. The predicted octanol–water partition coefficient (Wildman–Crippen LogP) is 2.28. The summed E-state index contributed by atoms with van der Waals surface area (Å²) in [6.07, 6.45) is 0. The Labute approximate surface area is 148 Å². The summed E-state index contributed by atoms with van der Waals surface area (Å²) in [4.78, 5) is 28.0. The molecule has 1 aliphatic heterocycles. The molecule has 0 saturated carbocycles. The quantitative estimate of drug-likeness (QED) is 0.812. The van der Waals surface area contributed by atoms with Gasteiger partial charge in [-0.2, -0.15) is 0 Å². The third kappa shape index (κ3) is 3.37. The second-order valence-corrected chi connectivity index (χ2v) is 6.18. The van der Waals surface area contributed by atoms with Crippen LogP contribution in [0.5, 0.6) is 0 Å². The highest BCUT2D eigenvalue weighted by Crippen LogP contribution is 2.23. The minimum atomic E-state index is -0.327. The van der Waals surface area contributed by atoms with Crippen LogP contribution < -0.4 is 0 Å². The van der Waals surface area contributed by atoms with Gasteiger partial charge in [0.2, 0.25) is 5.89 Å². The lowest BCUT2D eigenvalue weighted by atomic mass is 10.1. The van der Waals surface area contributed by atoms with Crippen molar-refractivity contribution >= 4 is 35.0 Å². The minimum Gasteiger partial charge on any atom is -0.417 e. The molecule has 1 aromatic carbocycles. The molecule has 0 aliphatic carbocycles. The zero-order valence-electron chi connectivity index (χ0n) is 12.8. The summed E-state index contributed by atoms with van der Waals surface area (Å²) in [6, 6.07) is 4.76. The molecule has 126 valence electrons. The fourth-order valence-electron chi connectivity index (χ4n) is 2.46. The van der Waals surface area contributed by atoms with Gasteiger partial charge in [0.05, 0.1) is 10.6 Å². The maximum absolute atomic E-state index is 12.5. The molecule has 2 heterocycles. The van der Waals surface area contributed by atoms with Crippen molar-refractivity contribution in [1.29, 1.82) is 0 Å². The van der Waals surface area contributed by atoms with E-state index >= 15 is 0 Å². The molecule has 0 atom stereocenters. The summed E-state index contributed by atoms with van der Waals surface area (Å²) in [5.74, 6) is -0.206. The number of carbonyl (C=O) groups is 2. The zero-order valence-corrected chi connectivity index (χ0v) is 14.3. The van der Waals surface area contributed by atoms with E-state index in [1.165, 1.54) is 6.07 Å². The second-order valence-electron chi connectivity index (χ2n) is 5.33. The second kappa shape index (κ2) is 6.78. The largest absolute Gasteiger partial charge is 0.417 e. The molecule has 2 aromatic rings. The lowest BCUT2D eigenvalue weighted by Gasteiger charge is -2.34. The first-order chi connectivity index (χ1) is 11.5. The maximum Gasteiger partial charge on any atom is 0.311 e. The lowest BCUT2D eigenvalue weighted by Crippen LogP contribution is -2.50. The molecular weight excluding hydrogens is 355 g/mol. The van der Waals surface area contributed by atoms with E-state index in [1.54, 1.807) is 28.9 Å². The molecule has 1 saturated heterocycles. The van der Waals surface area contributed by atoms with Gasteiger partial charge in [-0.25, -0.2) is 0 Å². The normalized spacial score (nSPS) is 14.8. The van der Waals surface area contributed by atoms with Crippen LogP contribution in [0, 0.1) is 6.92 Å². The number of hydrogen-bond donors (Lipinski definition) is 0. The number of aryl methyl sites for hydroxylation is 1. The van der Waals surface area contributed by atoms with Gasteiger partial charge in [0.1, 0.15) is 0 Å². The third-order valence-corrected chi connectivity index (χ3v) is 4.27. The van der Waals surface area contributed by atoms with Gasteiger partial charge in [-0.05, 0) is 18.2 Å². The van der Waals surface area contributed by atoms with E-state index in [0.717, 1.165) is 0 Å². The van der Waals surface area contributed by atoms with Gasteiger partial charge in [0.15, 0.2) is 0 Å². The topological polar surface area (TPSA) is 79.5 Å². The number of benzene rings is 1. The van der Waals surface area contributed by atoms with E-state index in [9.17, 15) is 9.59 Å². The highest BCUT2D eigenvalue weighted by atomic mass is 35.5. The predicted molar refractivity (Wildman–Crippen MR) is 87.3 cm³/mol. The lowest BCUT2D eigenvalue weighted by molar-refractivity contribution is 0.0513. The minimum absolute atomic E-state index is 0.0342. The molecule has 3 rings (SSSR count). The number of amides is 2. The van der Waals surface area contributed by atoms with Gasteiger partial charge in [0, 0.05) is 38.1 Å². The van der Waals surface area contributed by atoms with Crippen LogP contribution in [-0.4, -0.2) is 58.0 Å². The highest BCUT2D eigenvalue weighted by molar-refractivity contribution is 6.36. The number of piperazine rings is 1. The van der Waals surface area contributed by atoms with Gasteiger partial charge >= 0.3 is 11.8 Å². The Morgan fingerprint density at radius 1 is 1.04 bits per heavy atom. The summed E-state index contributed by atoms with van der Waals surface area (Å²) in [6.45, 7) is 3.19. The molecule has 0 N–H and O–H groups in total. The maximum atomic E-state index is 12.5. The van der Waals surface area contributed by atoms with Crippen LogP contribution in [0.25, 0.3) is 0 Å². The number of rotatable bonds is 2. The molecule has 24 heavy (non-hydrogen) atoms. The summed E-state index contributed by atoms with van der Waals surface area (Å²) in [5, 5.41) is 8.16. The first-order valence-corrected chi connectivity index (χ1v) is 8.05. The Kier molecular flexibility index (Phi) is 4.73. The Morgan fingerprint density at radius 2 is 1.67 bits per heavy atom. The van der Waals surface area contributed by atoms with Crippen molar-refractivity contribution in [3.63, 3.8) is 0 Å². The SMILES string of the molecule is Cc1nnc(C(=O)N2CCN(C(=O)c3ccc(Cl)cc3Cl)CC2)o1. The van der Waals surface area contributed by atoms with Crippen LogP contribution in [0.1, 0.15) is 26.9 Å². The van der Waals surface area contributed by atoms with Gasteiger partial charge in [-0.15, -0.1) is 10.2 Å². The van der Waals surface area contributed by atoms with Crippen LogP contribution in [-0.2, 0) is 0 Å². The van der Waals surface area contributed by atoms with Crippen LogP contribution >= 0.6 is 23.2 Å². The van der Waals surface area contributed by atoms with E-state index in [4.69, 9.17) is 27.6 Å². The summed E-state index contributed by atoms with van der Waals surface area (Å²) in [7, 11) is 0. The highest BCUT2D eigenvalue weighted by Gasteiger charge is 2.28. The van der Waals surface area contributed by atoms with Crippen molar-refractivity contribution in [2.24, 2.45) is 0 Å². The summed E-state index contributed by atoms with van der Waals surface area (Å²) in [5.41, 5.74) is 0.397. The molecule has 7 nitrogen and oxygen atoms in total. The number of nitrogens with zero attached hydrogens (tertiary/aromatic N) is 4. The average Bonchev–Trinajstić information content (AvgIpc) is 3.00. The van der Waals surface area contributed by atoms with Gasteiger partial charge < -0.3 is 14.2 Å². The molecule has 0 radical (unpaired) electrons. The van der Waals surface area contributed by atoms with Crippen molar-refractivity contribution in [1.82, 2.24) is 20.0 Å². The molecule has 1 aromatic heterocycles. The molecule has 0 unspecified atom stereocenters. The Balaban J connectivity index is 1.64. The van der Waals surface area contributed by atoms with Crippen LogP contribution in [0.3, 0.4) is 0 Å². The number of aromatic nitrogens is 2. The van der Waals surface area contributed by atoms with Crippen molar-refractivity contribution in [2.45, 2.75) is 6.92 Å². The molecule has 2 amide bonds.